The van der Waals surface area contributed by atoms with Crippen LogP contribution in [0.5, 0.6) is 5.75 Å². The van der Waals surface area contributed by atoms with Gasteiger partial charge < -0.3 is 10.1 Å². The molecule has 1 aromatic heterocycles. The average molecular weight is 344 g/mol. The van der Waals surface area contributed by atoms with E-state index >= 15 is 0 Å². The molecule has 1 saturated carbocycles. The third kappa shape index (κ3) is 4.71. The molecule has 7 heteroatoms. The highest BCUT2D eigenvalue weighted by molar-refractivity contribution is 5.75. The van der Waals surface area contributed by atoms with E-state index in [1.54, 1.807) is 7.05 Å². The van der Waals surface area contributed by atoms with Crippen LogP contribution in [0.15, 0.2) is 35.4 Å². The van der Waals surface area contributed by atoms with Crippen LogP contribution in [-0.4, -0.2) is 26.4 Å². The highest BCUT2D eigenvalue weighted by Crippen LogP contribution is 2.23. The van der Waals surface area contributed by atoms with E-state index in [4.69, 9.17) is 4.74 Å². The standard InChI is InChI=1S/C18H24N4O3/c1-21-13-20-22(18(21)24)12-17(23)19-11-14-6-5-9-16(10-14)25-15-7-3-2-4-8-15/h5-6,9-10,13,15H,2-4,7-8,11-12H2,1H3,(H,19,23). The molecule has 1 aliphatic rings. The third-order valence-corrected chi connectivity index (χ3v) is 4.42. The number of rotatable bonds is 6. The second kappa shape index (κ2) is 8.00. The quantitative estimate of drug-likeness (QED) is 0.863. The van der Waals surface area contributed by atoms with Gasteiger partial charge in [-0.2, -0.15) is 5.10 Å². The largest absolute Gasteiger partial charge is 0.490 e. The van der Waals surface area contributed by atoms with E-state index in [0.717, 1.165) is 28.8 Å². The SMILES string of the molecule is Cn1cnn(CC(=O)NCc2cccc(OC3CCCCC3)c2)c1=O. The Bertz CT molecular complexity index is 775. The van der Waals surface area contributed by atoms with Crippen molar-refractivity contribution in [3.63, 3.8) is 0 Å². The number of hydrogen-bond acceptors (Lipinski definition) is 4. The summed E-state index contributed by atoms with van der Waals surface area (Å²) in [5.74, 6) is 0.596. The molecule has 0 aliphatic heterocycles. The average Bonchev–Trinajstić information content (AvgIpc) is 2.93. The Morgan fingerprint density at radius 2 is 2.12 bits per heavy atom. The number of aryl methyl sites for hydroxylation is 1. The Balaban J connectivity index is 1.52. The highest BCUT2D eigenvalue weighted by Gasteiger charge is 2.15. The molecular formula is C18H24N4O3. The number of nitrogens with zero attached hydrogens (tertiary/aromatic N) is 3. The zero-order valence-corrected chi connectivity index (χ0v) is 14.5. The van der Waals surface area contributed by atoms with Crippen LogP contribution < -0.4 is 15.7 Å². The monoisotopic (exact) mass is 344 g/mol. The fourth-order valence-electron chi connectivity index (χ4n) is 3.03. The lowest BCUT2D eigenvalue weighted by Gasteiger charge is -2.23. The van der Waals surface area contributed by atoms with Gasteiger partial charge in [0.25, 0.3) is 0 Å². The summed E-state index contributed by atoms with van der Waals surface area (Å²) in [5, 5.41) is 6.69. The van der Waals surface area contributed by atoms with Gasteiger partial charge in [0.05, 0.1) is 6.10 Å². The number of carbonyl (C=O) groups is 1. The molecule has 1 aromatic carbocycles. The van der Waals surface area contributed by atoms with Crippen LogP contribution >= 0.6 is 0 Å². The van der Waals surface area contributed by atoms with Crippen molar-refractivity contribution in [2.75, 3.05) is 0 Å². The first-order valence-corrected chi connectivity index (χ1v) is 8.72. The summed E-state index contributed by atoms with van der Waals surface area (Å²) in [4.78, 5) is 23.7. The van der Waals surface area contributed by atoms with Gasteiger partial charge in [0.2, 0.25) is 5.91 Å². The minimum absolute atomic E-state index is 0.0854. The first-order valence-electron chi connectivity index (χ1n) is 8.72. The van der Waals surface area contributed by atoms with Crippen molar-refractivity contribution in [3.8, 4) is 5.75 Å². The molecule has 134 valence electrons. The fourth-order valence-corrected chi connectivity index (χ4v) is 3.03. The maximum Gasteiger partial charge on any atom is 0.345 e. The molecule has 1 aliphatic carbocycles. The first kappa shape index (κ1) is 17.3. The van der Waals surface area contributed by atoms with Crippen molar-refractivity contribution < 1.29 is 9.53 Å². The van der Waals surface area contributed by atoms with Crippen molar-refractivity contribution in [3.05, 3.63) is 46.6 Å². The summed E-state index contributed by atoms with van der Waals surface area (Å²) in [6, 6.07) is 7.79. The van der Waals surface area contributed by atoms with E-state index in [1.807, 2.05) is 24.3 Å². The van der Waals surface area contributed by atoms with Gasteiger partial charge in [0.15, 0.2) is 0 Å². The van der Waals surface area contributed by atoms with Gasteiger partial charge in [-0.15, -0.1) is 0 Å². The summed E-state index contributed by atoms with van der Waals surface area (Å²) in [7, 11) is 1.60. The molecule has 1 heterocycles. The number of ether oxygens (including phenoxy) is 1. The van der Waals surface area contributed by atoms with E-state index in [9.17, 15) is 9.59 Å². The van der Waals surface area contributed by atoms with Crippen molar-refractivity contribution >= 4 is 5.91 Å². The maximum absolute atomic E-state index is 12.0. The summed E-state index contributed by atoms with van der Waals surface area (Å²) in [6.07, 6.45) is 7.67. The summed E-state index contributed by atoms with van der Waals surface area (Å²) in [6.45, 7) is 0.306. The van der Waals surface area contributed by atoms with Gasteiger partial charge in [-0.05, 0) is 43.4 Å². The Morgan fingerprint density at radius 3 is 2.84 bits per heavy atom. The van der Waals surface area contributed by atoms with Crippen LogP contribution in [-0.2, 0) is 24.9 Å². The Morgan fingerprint density at radius 1 is 1.32 bits per heavy atom. The molecule has 0 spiro atoms. The number of aromatic nitrogens is 3. The Kier molecular flexibility index (Phi) is 5.53. The number of benzene rings is 1. The normalized spacial score (nSPS) is 15.1. The van der Waals surface area contributed by atoms with Crippen LogP contribution in [0.25, 0.3) is 0 Å². The van der Waals surface area contributed by atoms with Gasteiger partial charge >= 0.3 is 5.69 Å². The van der Waals surface area contributed by atoms with Crippen molar-refractivity contribution in [2.45, 2.75) is 51.3 Å². The van der Waals surface area contributed by atoms with Crippen molar-refractivity contribution in [1.29, 1.82) is 0 Å². The Labute approximate surface area is 146 Å². The third-order valence-electron chi connectivity index (χ3n) is 4.42. The van der Waals surface area contributed by atoms with Gasteiger partial charge in [-0.25, -0.2) is 9.48 Å². The molecule has 2 aromatic rings. The van der Waals surface area contributed by atoms with Crippen LogP contribution in [0.4, 0.5) is 0 Å². The van der Waals surface area contributed by atoms with E-state index in [2.05, 4.69) is 10.4 Å². The molecule has 25 heavy (non-hydrogen) atoms. The fraction of sp³-hybridized carbons (Fsp3) is 0.500. The second-order valence-corrected chi connectivity index (χ2v) is 6.48. The molecule has 3 rings (SSSR count). The molecule has 0 saturated heterocycles. The number of carbonyl (C=O) groups excluding carboxylic acids is 1. The van der Waals surface area contributed by atoms with Gasteiger partial charge in [0, 0.05) is 13.6 Å². The lowest BCUT2D eigenvalue weighted by Crippen LogP contribution is -2.33. The molecule has 0 bridgehead atoms. The lowest BCUT2D eigenvalue weighted by atomic mass is 9.98. The number of amides is 1. The minimum Gasteiger partial charge on any atom is -0.490 e. The van der Waals surface area contributed by atoms with Gasteiger partial charge in [-0.3, -0.25) is 9.36 Å². The molecule has 1 fully saturated rings. The van der Waals surface area contributed by atoms with Crippen molar-refractivity contribution in [1.82, 2.24) is 19.7 Å². The molecular weight excluding hydrogens is 320 g/mol. The zero-order valence-electron chi connectivity index (χ0n) is 14.5. The highest BCUT2D eigenvalue weighted by atomic mass is 16.5. The first-order chi connectivity index (χ1) is 12.1. The summed E-state index contributed by atoms with van der Waals surface area (Å²) in [5.41, 5.74) is 0.660. The van der Waals surface area contributed by atoms with Crippen molar-refractivity contribution in [2.24, 2.45) is 7.05 Å². The summed E-state index contributed by atoms with van der Waals surface area (Å²) < 4.78 is 8.52. The van der Waals surface area contributed by atoms with E-state index in [0.29, 0.717) is 12.6 Å². The van der Waals surface area contributed by atoms with Crippen LogP contribution in [0, 0.1) is 0 Å². The molecule has 0 radical (unpaired) electrons. The summed E-state index contributed by atoms with van der Waals surface area (Å²) >= 11 is 0. The maximum atomic E-state index is 12.0. The van der Waals surface area contributed by atoms with E-state index in [1.165, 1.54) is 30.2 Å². The molecule has 7 nitrogen and oxygen atoms in total. The van der Waals surface area contributed by atoms with Gasteiger partial charge in [0.1, 0.15) is 18.6 Å². The van der Waals surface area contributed by atoms with E-state index in [-0.39, 0.29) is 18.1 Å². The Hall–Kier alpha value is -2.57. The molecule has 0 unspecified atom stereocenters. The zero-order chi connectivity index (χ0) is 17.6. The number of hydrogen-bond donors (Lipinski definition) is 1. The van der Waals surface area contributed by atoms with Crippen LogP contribution in [0.3, 0.4) is 0 Å². The molecule has 0 atom stereocenters. The van der Waals surface area contributed by atoms with Crippen LogP contribution in [0.1, 0.15) is 37.7 Å². The predicted octanol–water partition coefficient (Wildman–Crippen LogP) is 1.61. The smallest absolute Gasteiger partial charge is 0.345 e. The van der Waals surface area contributed by atoms with Crippen LogP contribution in [0.2, 0.25) is 0 Å². The predicted molar refractivity (Wildman–Crippen MR) is 93.3 cm³/mol. The molecule has 1 N–H and O–H groups in total. The second-order valence-electron chi connectivity index (χ2n) is 6.48. The van der Waals surface area contributed by atoms with Gasteiger partial charge in [-0.1, -0.05) is 18.6 Å². The molecule has 1 amide bonds. The topological polar surface area (TPSA) is 78.2 Å². The van der Waals surface area contributed by atoms with E-state index < -0.39 is 0 Å². The number of nitrogens with one attached hydrogen (secondary N) is 1. The lowest BCUT2D eigenvalue weighted by molar-refractivity contribution is -0.122. The minimum atomic E-state index is -0.307.